The van der Waals surface area contributed by atoms with Crippen molar-refractivity contribution in [1.29, 1.82) is 0 Å². The molecule has 3 aromatic carbocycles. The Bertz CT molecular complexity index is 1230. The first-order chi connectivity index (χ1) is 14.7. The van der Waals surface area contributed by atoms with Gasteiger partial charge in [0.2, 0.25) is 10.0 Å². The fourth-order valence-electron chi connectivity index (χ4n) is 2.97. The van der Waals surface area contributed by atoms with Gasteiger partial charge in [0.05, 0.1) is 17.6 Å². The second-order valence-corrected chi connectivity index (χ2v) is 8.80. The predicted molar refractivity (Wildman–Crippen MR) is 117 cm³/mol. The molecular weight excluding hydrogens is 419 g/mol. The van der Waals surface area contributed by atoms with Crippen LogP contribution in [0.2, 0.25) is 0 Å². The van der Waals surface area contributed by atoms with Crippen molar-refractivity contribution in [2.75, 3.05) is 12.4 Å². The van der Waals surface area contributed by atoms with Crippen molar-refractivity contribution in [2.45, 2.75) is 25.3 Å². The number of methoxy groups -OCH3 is 1. The van der Waals surface area contributed by atoms with Crippen molar-refractivity contribution < 1.29 is 22.3 Å². The Balaban J connectivity index is 1.81. The van der Waals surface area contributed by atoms with E-state index in [0.717, 1.165) is 29.3 Å². The summed E-state index contributed by atoms with van der Waals surface area (Å²) in [4.78, 5) is 12.4. The fourth-order valence-corrected chi connectivity index (χ4v) is 4.00. The van der Waals surface area contributed by atoms with Gasteiger partial charge in [0, 0.05) is 17.8 Å². The van der Waals surface area contributed by atoms with Crippen molar-refractivity contribution in [3.8, 4) is 5.75 Å². The maximum absolute atomic E-state index is 14.3. The number of hydrogen-bond acceptors (Lipinski definition) is 4. The van der Waals surface area contributed by atoms with Crippen LogP contribution in [-0.2, 0) is 16.6 Å². The summed E-state index contributed by atoms with van der Waals surface area (Å²) in [5.41, 5.74) is 2.80. The molecule has 3 rings (SSSR count). The number of anilines is 1. The predicted octanol–water partition coefficient (Wildman–Crippen LogP) is 4.18. The molecule has 0 unspecified atom stereocenters. The van der Waals surface area contributed by atoms with Crippen molar-refractivity contribution in [1.82, 2.24) is 4.72 Å². The van der Waals surface area contributed by atoms with Crippen LogP contribution >= 0.6 is 0 Å². The topological polar surface area (TPSA) is 84.5 Å². The maximum atomic E-state index is 14.3. The van der Waals surface area contributed by atoms with Gasteiger partial charge in [-0.1, -0.05) is 24.3 Å². The normalized spacial score (nSPS) is 11.2. The summed E-state index contributed by atoms with van der Waals surface area (Å²) in [6.45, 7) is 3.81. The lowest BCUT2D eigenvalue weighted by molar-refractivity contribution is 0.102. The summed E-state index contributed by atoms with van der Waals surface area (Å²) in [6.07, 6.45) is 0. The highest BCUT2D eigenvalue weighted by Gasteiger charge is 2.20. The van der Waals surface area contributed by atoms with E-state index in [1.165, 1.54) is 7.11 Å². The van der Waals surface area contributed by atoms with E-state index in [2.05, 4.69) is 10.0 Å². The lowest BCUT2D eigenvalue weighted by atomic mass is 10.1. The summed E-state index contributed by atoms with van der Waals surface area (Å²) in [7, 11) is -2.50. The van der Waals surface area contributed by atoms with E-state index in [9.17, 15) is 17.6 Å². The summed E-state index contributed by atoms with van der Waals surface area (Å²) >= 11 is 0. The number of sulfonamides is 1. The van der Waals surface area contributed by atoms with Gasteiger partial charge in [-0.15, -0.1) is 0 Å². The van der Waals surface area contributed by atoms with E-state index in [0.29, 0.717) is 17.0 Å². The average Bonchev–Trinajstić information content (AvgIpc) is 2.75. The van der Waals surface area contributed by atoms with Gasteiger partial charge < -0.3 is 10.1 Å². The smallest absolute Gasteiger partial charge is 0.258 e. The van der Waals surface area contributed by atoms with Crippen LogP contribution < -0.4 is 14.8 Å². The van der Waals surface area contributed by atoms with Gasteiger partial charge >= 0.3 is 0 Å². The van der Waals surface area contributed by atoms with Crippen LogP contribution in [0.15, 0.2) is 65.6 Å². The monoisotopic (exact) mass is 442 g/mol. The third-order valence-electron chi connectivity index (χ3n) is 4.90. The van der Waals surface area contributed by atoms with Gasteiger partial charge in [0.15, 0.2) is 0 Å². The zero-order valence-corrected chi connectivity index (χ0v) is 18.2. The van der Waals surface area contributed by atoms with Crippen molar-refractivity contribution in [3.63, 3.8) is 0 Å². The van der Waals surface area contributed by atoms with E-state index in [1.807, 2.05) is 19.9 Å². The van der Waals surface area contributed by atoms with Crippen LogP contribution in [0.25, 0.3) is 0 Å². The molecule has 0 radical (unpaired) electrons. The van der Waals surface area contributed by atoms with Crippen LogP contribution in [0, 0.1) is 19.7 Å². The Morgan fingerprint density at radius 1 is 1.00 bits per heavy atom. The van der Waals surface area contributed by atoms with E-state index < -0.39 is 21.7 Å². The van der Waals surface area contributed by atoms with Crippen molar-refractivity contribution in [2.24, 2.45) is 0 Å². The molecule has 0 heterocycles. The molecule has 0 aliphatic heterocycles. The zero-order valence-electron chi connectivity index (χ0n) is 17.4. The van der Waals surface area contributed by atoms with Crippen LogP contribution in [0.4, 0.5) is 10.1 Å². The van der Waals surface area contributed by atoms with E-state index in [-0.39, 0.29) is 17.0 Å². The molecule has 3 aromatic rings. The molecule has 2 N–H and O–H groups in total. The standard InChI is InChI=1S/C23H23FN2O4S/c1-15-8-9-18(12-16(15)2)26-23(27)20-13-19(10-11-21(20)24)31(28,29)25-14-17-6-4-5-7-22(17)30-3/h4-13,25H,14H2,1-3H3,(H,26,27). The largest absolute Gasteiger partial charge is 0.496 e. The second kappa shape index (κ2) is 9.28. The van der Waals surface area contributed by atoms with Gasteiger partial charge in [0.1, 0.15) is 11.6 Å². The number of nitrogens with one attached hydrogen (secondary N) is 2. The van der Waals surface area contributed by atoms with Crippen LogP contribution in [0.1, 0.15) is 27.0 Å². The van der Waals surface area contributed by atoms with E-state index >= 15 is 0 Å². The average molecular weight is 443 g/mol. The molecule has 0 aliphatic rings. The minimum absolute atomic E-state index is 0.0199. The van der Waals surface area contributed by atoms with Crippen LogP contribution in [-0.4, -0.2) is 21.4 Å². The second-order valence-electron chi connectivity index (χ2n) is 7.03. The summed E-state index contributed by atoms with van der Waals surface area (Å²) in [6, 6.07) is 15.4. The number of amides is 1. The Morgan fingerprint density at radius 3 is 2.45 bits per heavy atom. The molecule has 162 valence electrons. The molecule has 0 spiro atoms. The number of para-hydroxylation sites is 1. The molecule has 0 saturated heterocycles. The molecule has 0 aromatic heterocycles. The molecule has 31 heavy (non-hydrogen) atoms. The number of rotatable bonds is 7. The molecule has 0 aliphatic carbocycles. The molecule has 0 atom stereocenters. The first kappa shape index (κ1) is 22.5. The number of hydrogen-bond donors (Lipinski definition) is 2. The lowest BCUT2D eigenvalue weighted by Gasteiger charge is -2.12. The fraction of sp³-hybridized carbons (Fsp3) is 0.174. The molecule has 6 nitrogen and oxygen atoms in total. The molecule has 0 saturated carbocycles. The molecule has 0 bridgehead atoms. The Hall–Kier alpha value is -3.23. The number of carbonyl (C=O) groups excluding carboxylic acids is 1. The molecule has 1 amide bonds. The minimum Gasteiger partial charge on any atom is -0.496 e. The third-order valence-corrected chi connectivity index (χ3v) is 6.30. The van der Waals surface area contributed by atoms with E-state index in [4.69, 9.17) is 4.74 Å². The van der Waals surface area contributed by atoms with Gasteiger partial charge in [-0.05, 0) is 61.4 Å². The summed E-state index contributed by atoms with van der Waals surface area (Å²) < 4.78 is 47.4. The molecule has 8 heteroatoms. The first-order valence-corrected chi connectivity index (χ1v) is 11.0. The SMILES string of the molecule is COc1ccccc1CNS(=O)(=O)c1ccc(F)c(C(=O)Nc2ccc(C)c(C)c2)c1. The summed E-state index contributed by atoms with van der Waals surface area (Å²) in [5.74, 6) is -1.01. The van der Waals surface area contributed by atoms with Gasteiger partial charge in [0.25, 0.3) is 5.91 Å². The third kappa shape index (κ3) is 5.28. The van der Waals surface area contributed by atoms with Crippen molar-refractivity contribution >= 4 is 21.6 Å². The van der Waals surface area contributed by atoms with Crippen LogP contribution in [0.5, 0.6) is 5.75 Å². The lowest BCUT2D eigenvalue weighted by Crippen LogP contribution is -2.24. The first-order valence-electron chi connectivity index (χ1n) is 9.51. The van der Waals surface area contributed by atoms with Gasteiger partial charge in [-0.3, -0.25) is 4.79 Å². The van der Waals surface area contributed by atoms with Gasteiger partial charge in [-0.25, -0.2) is 17.5 Å². The Morgan fingerprint density at radius 2 is 1.74 bits per heavy atom. The van der Waals surface area contributed by atoms with Crippen molar-refractivity contribution in [3.05, 3.63) is 88.7 Å². The highest BCUT2D eigenvalue weighted by atomic mass is 32.2. The number of benzene rings is 3. The number of ether oxygens (including phenoxy) is 1. The number of carbonyl (C=O) groups is 1. The number of aryl methyl sites for hydroxylation is 2. The highest BCUT2D eigenvalue weighted by molar-refractivity contribution is 7.89. The Kier molecular flexibility index (Phi) is 6.72. The van der Waals surface area contributed by atoms with Gasteiger partial charge in [-0.2, -0.15) is 0 Å². The number of halogens is 1. The quantitative estimate of drug-likeness (QED) is 0.575. The van der Waals surface area contributed by atoms with Crippen LogP contribution in [0.3, 0.4) is 0 Å². The minimum atomic E-state index is -3.99. The van der Waals surface area contributed by atoms with E-state index in [1.54, 1.807) is 36.4 Å². The molecule has 0 fully saturated rings. The zero-order chi connectivity index (χ0) is 22.6. The maximum Gasteiger partial charge on any atom is 0.258 e. The summed E-state index contributed by atoms with van der Waals surface area (Å²) in [5, 5.41) is 2.61. The molecular formula is C23H23FN2O4S. The Labute approximate surface area is 181 Å². The highest BCUT2D eigenvalue weighted by Crippen LogP contribution is 2.21.